The van der Waals surface area contributed by atoms with Crippen LogP contribution in [-0.2, 0) is 16.0 Å². The van der Waals surface area contributed by atoms with Gasteiger partial charge in [0, 0.05) is 24.3 Å². The Morgan fingerprint density at radius 3 is 2.82 bits per heavy atom. The molecule has 1 aliphatic carbocycles. The Kier molecular flexibility index (Phi) is 4.46. The van der Waals surface area contributed by atoms with Crippen molar-refractivity contribution in [1.82, 2.24) is 0 Å². The van der Waals surface area contributed by atoms with Crippen molar-refractivity contribution in [3.63, 3.8) is 0 Å². The number of hydrogen-bond donors (Lipinski definition) is 1. The lowest BCUT2D eigenvalue weighted by atomic mass is 10.0. The molecular weight excluding hydrogens is 276 g/mol. The minimum Gasteiger partial charge on any atom is -0.326 e. The second-order valence-corrected chi connectivity index (χ2v) is 6.40. The van der Waals surface area contributed by atoms with Crippen LogP contribution in [0.4, 0.5) is 11.4 Å². The molecule has 0 aromatic heterocycles. The molecule has 3 rings (SSSR count). The van der Waals surface area contributed by atoms with E-state index in [4.69, 9.17) is 0 Å². The second-order valence-electron chi connectivity index (χ2n) is 6.40. The monoisotopic (exact) mass is 300 g/mol. The number of nitrogens with one attached hydrogen (secondary N) is 1. The van der Waals surface area contributed by atoms with Gasteiger partial charge in [-0.3, -0.25) is 9.59 Å². The fraction of sp³-hybridized carbons (Fsp3) is 0.556. The number of benzene rings is 1. The smallest absolute Gasteiger partial charge is 0.231 e. The van der Waals surface area contributed by atoms with Gasteiger partial charge in [-0.15, -0.1) is 0 Å². The summed E-state index contributed by atoms with van der Waals surface area (Å²) in [6.45, 7) is 2.67. The van der Waals surface area contributed by atoms with Crippen molar-refractivity contribution in [2.45, 2.75) is 51.9 Å². The molecule has 4 nitrogen and oxygen atoms in total. The fourth-order valence-corrected chi connectivity index (χ4v) is 3.67. The molecule has 2 amide bonds. The Hall–Kier alpha value is -1.84. The number of carbonyl (C=O) groups excluding carboxylic acids is 2. The van der Waals surface area contributed by atoms with Crippen molar-refractivity contribution in [3.8, 4) is 0 Å². The Balaban J connectivity index is 1.58. The van der Waals surface area contributed by atoms with Crippen LogP contribution in [0.1, 0.15) is 51.0 Å². The first-order valence-electron chi connectivity index (χ1n) is 8.40. The number of carbonyl (C=O) groups is 2. The lowest BCUT2D eigenvalue weighted by molar-refractivity contribution is -0.117. The van der Waals surface area contributed by atoms with Crippen molar-refractivity contribution in [2.75, 3.05) is 16.8 Å². The van der Waals surface area contributed by atoms with E-state index in [-0.39, 0.29) is 11.8 Å². The second kappa shape index (κ2) is 6.51. The van der Waals surface area contributed by atoms with Crippen molar-refractivity contribution in [3.05, 3.63) is 23.8 Å². The summed E-state index contributed by atoms with van der Waals surface area (Å²) in [5.41, 5.74) is 2.80. The molecule has 0 radical (unpaired) electrons. The Morgan fingerprint density at radius 1 is 1.32 bits per heavy atom. The van der Waals surface area contributed by atoms with E-state index in [0.717, 1.165) is 29.3 Å². The quantitative estimate of drug-likeness (QED) is 0.904. The van der Waals surface area contributed by atoms with Crippen molar-refractivity contribution in [1.29, 1.82) is 0 Å². The summed E-state index contributed by atoms with van der Waals surface area (Å²) in [5, 5.41) is 2.97. The zero-order valence-electron chi connectivity index (χ0n) is 13.2. The van der Waals surface area contributed by atoms with Gasteiger partial charge >= 0.3 is 0 Å². The van der Waals surface area contributed by atoms with Crippen molar-refractivity contribution >= 4 is 23.2 Å². The molecule has 4 heteroatoms. The van der Waals surface area contributed by atoms with Gasteiger partial charge in [-0.05, 0) is 43.0 Å². The van der Waals surface area contributed by atoms with E-state index >= 15 is 0 Å². The zero-order valence-corrected chi connectivity index (χ0v) is 13.2. The highest BCUT2D eigenvalue weighted by Crippen LogP contribution is 2.31. The summed E-state index contributed by atoms with van der Waals surface area (Å²) in [6, 6.07) is 5.78. The Morgan fingerprint density at radius 2 is 2.09 bits per heavy atom. The molecule has 1 saturated carbocycles. The topological polar surface area (TPSA) is 49.4 Å². The number of anilines is 2. The molecule has 0 unspecified atom stereocenters. The van der Waals surface area contributed by atoms with Gasteiger partial charge in [0.05, 0.1) is 6.42 Å². The molecule has 1 aromatic rings. The highest BCUT2D eigenvalue weighted by molar-refractivity contribution is 6.02. The van der Waals surface area contributed by atoms with Crippen LogP contribution in [0.2, 0.25) is 0 Å². The third kappa shape index (κ3) is 3.16. The molecule has 22 heavy (non-hydrogen) atoms. The first kappa shape index (κ1) is 15.1. The highest BCUT2D eigenvalue weighted by atomic mass is 16.2. The third-order valence-corrected chi connectivity index (χ3v) is 4.87. The van der Waals surface area contributed by atoms with Gasteiger partial charge < -0.3 is 10.2 Å². The summed E-state index contributed by atoms with van der Waals surface area (Å²) < 4.78 is 0. The summed E-state index contributed by atoms with van der Waals surface area (Å²) in [6.07, 6.45) is 7.23. The number of amides is 2. The molecule has 1 aromatic carbocycles. The Labute approximate surface area is 131 Å². The number of rotatable bonds is 5. The number of likely N-dealkylation sites (N-methyl/N-ethyl adjacent to an activating group) is 1. The van der Waals surface area contributed by atoms with E-state index < -0.39 is 0 Å². The van der Waals surface area contributed by atoms with Gasteiger partial charge in [0.25, 0.3) is 0 Å². The van der Waals surface area contributed by atoms with Crippen LogP contribution in [0.3, 0.4) is 0 Å². The molecule has 1 heterocycles. The van der Waals surface area contributed by atoms with E-state index in [1.807, 2.05) is 25.1 Å². The number of hydrogen-bond acceptors (Lipinski definition) is 2. The predicted octanol–water partition coefficient (Wildman–Crippen LogP) is 3.50. The molecule has 0 spiro atoms. The maximum absolute atomic E-state index is 12.1. The highest BCUT2D eigenvalue weighted by Gasteiger charge is 2.26. The molecule has 0 atom stereocenters. The van der Waals surface area contributed by atoms with Crippen molar-refractivity contribution < 1.29 is 9.59 Å². The largest absolute Gasteiger partial charge is 0.326 e. The molecule has 1 N–H and O–H groups in total. The molecule has 118 valence electrons. The molecule has 0 bridgehead atoms. The fourth-order valence-electron chi connectivity index (χ4n) is 3.67. The van der Waals surface area contributed by atoms with Gasteiger partial charge in [-0.1, -0.05) is 25.7 Å². The van der Waals surface area contributed by atoms with Crippen LogP contribution >= 0.6 is 0 Å². The van der Waals surface area contributed by atoms with Gasteiger partial charge in [0.15, 0.2) is 0 Å². The van der Waals surface area contributed by atoms with E-state index in [2.05, 4.69) is 5.32 Å². The lowest BCUT2D eigenvalue weighted by Gasteiger charge is -2.15. The van der Waals surface area contributed by atoms with Gasteiger partial charge in [0.2, 0.25) is 11.8 Å². The van der Waals surface area contributed by atoms with Crippen LogP contribution in [0.15, 0.2) is 18.2 Å². The summed E-state index contributed by atoms with van der Waals surface area (Å²) in [5.74, 6) is 0.965. The first-order chi connectivity index (χ1) is 10.7. The van der Waals surface area contributed by atoms with Crippen LogP contribution in [0.25, 0.3) is 0 Å². The van der Waals surface area contributed by atoms with Crippen molar-refractivity contribution in [2.24, 2.45) is 5.92 Å². The molecule has 2 aliphatic rings. The van der Waals surface area contributed by atoms with Gasteiger partial charge in [-0.2, -0.15) is 0 Å². The Bertz CT molecular complexity index is 576. The van der Waals surface area contributed by atoms with E-state index in [1.54, 1.807) is 4.90 Å². The van der Waals surface area contributed by atoms with Gasteiger partial charge in [0.1, 0.15) is 0 Å². The summed E-state index contributed by atoms with van der Waals surface area (Å²) in [4.78, 5) is 25.7. The third-order valence-electron chi connectivity index (χ3n) is 4.87. The number of nitrogens with zero attached hydrogens (tertiary/aromatic N) is 1. The minimum absolute atomic E-state index is 0.0866. The average Bonchev–Trinajstić information content (AvgIpc) is 3.11. The SMILES string of the molecule is CCN1C(=O)Cc2cc(NC(=O)CCC3CCCC3)ccc21. The molecule has 1 aliphatic heterocycles. The van der Waals surface area contributed by atoms with Gasteiger partial charge in [-0.25, -0.2) is 0 Å². The number of fused-ring (bicyclic) bond motifs is 1. The maximum atomic E-state index is 12.1. The van der Waals surface area contributed by atoms with Crippen LogP contribution < -0.4 is 10.2 Å². The predicted molar refractivity (Wildman–Crippen MR) is 88.0 cm³/mol. The lowest BCUT2D eigenvalue weighted by Crippen LogP contribution is -2.25. The first-order valence-corrected chi connectivity index (χ1v) is 8.40. The standard InChI is InChI=1S/C18H24N2O2/c1-2-20-16-9-8-15(11-14(16)12-18(20)22)19-17(21)10-7-13-5-3-4-6-13/h8-9,11,13H,2-7,10,12H2,1H3,(H,19,21). The van der Waals surface area contributed by atoms with E-state index in [0.29, 0.717) is 19.4 Å². The van der Waals surface area contributed by atoms with Crippen LogP contribution in [0.5, 0.6) is 0 Å². The average molecular weight is 300 g/mol. The molecular formula is C18H24N2O2. The zero-order chi connectivity index (χ0) is 15.5. The summed E-state index contributed by atoms with van der Waals surface area (Å²) >= 11 is 0. The minimum atomic E-state index is 0.0866. The van der Waals surface area contributed by atoms with Crippen LogP contribution in [0, 0.1) is 5.92 Å². The van der Waals surface area contributed by atoms with Crippen LogP contribution in [-0.4, -0.2) is 18.4 Å². The maximum Gasteiger partial charge on any atom is 0.231 e. The molecule has 0 saturated heterocycles. The van der Waals surface area contributed by atoms with E-state index in [1.165, 1.54) is 25.7 Å². The summed E-state index contributed by atoms with van der Waals surface area (Å²) in [7, 11) is 0. The normalized spacial score (nSPS) is 17.9. The van der Waals surface area contributed by atoms with E-state index in [9.17, 15) is 9.59 Å². The molecule has 1 fully saturated rings.